The molecule has 7 heteroatoms. The number of rotatable bonds is 4. The highest BCUT2D eigenvalue weighted by Gasteiger charge is 2.34. The average molecular weight is 425 g/mol. The molecule has 0 bridgehead atoms. The zero-order chi connectivity index (χ0) is 21.8. The second-order valence-electron chi connectivity index (χ2n) is 8.82. The molecule has 0 radical (unpaired) electrons. The molecule has 0 spiro atoms. The minimum atomic E-state index is -3.85. The molecular formula is C23H24N2O4S. The zero-order valence-electron chi connectivity index (χ0n) is 17.4. The molecule has 4 rings (SSSR count). The fourth-order valence-electron chi connectivity index (χ4n) is 4.17. The van der Waals surface area contributed by atoms with Crippen LogP contribution >= 0.6 is 0 Å². The van der Waals surface area contributed by atoms with Crippen molar-refractivity contribution in [1.82, 2.24) is 4.98 Å². The third-order valence-corrected chi connectivity index (χ3v) is 7.10. The molecule has 1 aliphatic rings. The van der Waals surface area contributed by atoms with E-state index in [9.17, 15) is 18.0 Å². The van der Waals surface area contributed by atoms with Crippen LogP contribution in [0.4, 0.5) is 5.69 Å². The van der Waals surface area contributed by atoms with Gasteiger partial charge in [0.15, 0.2) is 11.6 Å². The summed E-state index contributed by atoms with van der Waals surface area (Å²) >= 11 is 0. The number of aromatic nitrogens is 1. The van der Waals surface area contributed by atoms with Crippen molar-refractivity contribution < 1.29 is 18.0 Å². The third-order valence-electron chi connectivity index (χ3n) is 5.58. The summed E-state index contributed by atoms with van der Waals surface area (Å²) in [6.45, 7) is 7.30. The average Bonchev–Trinajstić information content (AvgIpc) is 2.96. The minimum Gasteiger partial charge on any atom is -0.358 e. The molecule has 1 aliphatic carbocycles. The Morgan fingerprint density at radius 3 is 2.40 bits per heavy atom. The molecule has 0 saturated heterocycles. The standard InChI is InChI=1S/C23H24N2O4S/c1-13-9-17-18(24-19-11-23(3,4)12-20(27)22(17)19)10-21(13)30(28,29)25-16-7-5-15(6-8-16)14(2)26/h5-10,24-25H,11-12H2,1-4H3. The molecule has 2 N–H and O–H groups in total. The van der Waals surface area contributed by atoms with E-state index in [2.05, 4.69) is 23.6 Å². The lowest BCUT2D eigenvalue weighted by atomic mass is 9.76. The predicted molar refractivity (Wildman–Crippen MR) is 117 cm³/mol. The quantitative estimate of drug-likeness (QED) is 0.597. The normalized spacial score (nSPS) is 15.8. The van der Waals surface area contributed by atoms with Crippen molar-refractivity contribution in [2.45, 2.75) is 45.4 Å². The van der Waals surface area contributed by atoms with E-state index in [4.69, 9.17) is 0 Å². The topological polar surface area (TPSA) is 96.1 Å². The molecular weight excluding hydrogens is 400 g/mol. The van der Waals surface area contributed by atoms with Crippen LogP contribution in [0, 0.1) is 12.3 Å². The molecule has 0 unspecified atom stereocenters. The number of aromatic amines is 1. The van der Waals surface area contributed by atoms with Crippen molar-refractivity contribution >= 4 is 38.2 Å². The number of hydrogen-bond donors (Lipinski definition) is 2. The third kappa shape index (κ3) is 3.54. The van der Waals surface area contributed by atoms with Crippen LogP contribution in [-0.4, -0.2) is 25.0 Å². The molecule has 6 nitrogen and oxygen atoms in total. The van der Waals surface area contributed by atoms with Gasteiger partial charge in [0.1, 0.15) is 0 Å². The van der Waals surface area contributed by atoms with Crippen LogP contribution in [0.1, 0.15) is 59.2 Å². The Labute approximate surface area is 175 Å². The van der Waals surface area contributed by atoms with Gasteiger partial charge < -0.3 is 4.98 Å². The molecule has 0 saturated carbocycles. The van der Waals surface area contributed by atoms with Gasteiger partial charge in [0.25, 0.3) is 10.0 Å². The SMILES string of the molecule is CC(=O)c1ccc(NS(=O)(=O)c2cc3[nH]c4c(c3cc2C)C(=O)CC(C)(C)C4)cc1. The Morgan fingerprint density at radius 2 is 1.77 bits per heavy atom. The number of Topliss-reactive ketones (excluding diaryl/α,β-unsaturated/α-hetero) is 2. The second-order valence-corrected chi connectivity index (χ2v) is 10.5. The van der Waals surface area contributed by atoms with E-state index in [1.165, 1.54) is 6.92 Å². The summed E-state index contributed by atoms with van der Waals surface area (Å²) < 4.78 is 28.6. The highest BCUT2D eigenvalue weighted by Crippen LogP contribution is 2.39. The maximum absolute atomic E-state index is 13.0. The van der Waals surface area contributed by atoms with Gasteiger partial charge in [-0.05, 0) is 67.6 Å². The van der Waals surface area contributed by atoms with E-state index in [1.807, 2.05) is 0 Å². The van der Waals surface area contributed by atoms with E-state index in [-0.39, 0.29) is 21.9 Å². The summed E-state index contributed by atoms with van der Waals surface area (Å²) in [4.78, 5) is 27.5. The number of nitrogens with one attached hydrogen (secondary N) is 2. The number of hydrogen-bond acceptors (Lipinski definition) is 4. The van der Waals surface area contributed by atoms with Gasteiger partial charge in [0.2, 0.25) is 0 Å². The molecule has 0 aliphatic heterocycles. The minimum absolute atomic E-state index is 0.0841. The zero-order valence-corrected chi connectivity index (χ0v) is 18.2. The Kier molecular flexibility index (Phi) is 4.62. The maximum atomic E-state index is 13.0. The van der Waals surface area contributed by atoms with Crippen LogP contribution in [0.25, 0.3) is 10.9 Å². The van der Waals surface area contributed by atoms with Gasteiger partial charge in [-0.3, -0.25) is 14.3 Å². The van der Waals surface area contributed by atoms with E-state index in [1.54, 1.807) is 43.3 Å². The number of ketones is 2. The van der Waals surface area contributed by atoms with Crippen molar-refractivity contribution in [2.75, 3.05) is 4.72 Å². The van der Waals surface area contributed by atoms with E-state index >= 15 is 0 Å². The molecule has 0 fully saturated rings. The number of aryl methyl sites for hydroxylation is 1. The van der Waals surface area contributed by atoms with Crippen molar-refractivity contribution in [2.24, 2.45) is 5.41 Å². The first-order chi connectivity index (χ1) is 14.0. The Bertz CT molecular complexity index is 1300. The van der Waals surface area contributed by atoms with Gasteiger partial charge >= 0.3 is 0 Å². The number of carbonyl (C=O) groups is 2. The molecule has 3 aromatic rings. The van der Waals surface area contributed by atoms with Crippen molar-refractivity contribution in [1.29, 1.82) is 0 Å². The van der Waals surface area contributed by atoms with Crippen LogP contribution < -0.4 is 4.72 Å². The van der Waals surface area contributed by atoms with Crippen LogP contribution in [0.3, 0.4) is 0 Å². The summed E-state index contributed by atoms with van der Waals surface area (Å²) in [5.74, 6) is 0.00494. The van der Waals surface area contributed by atoms with Crippen LogP contribution in [-0.2, 0) is 16.4 Å². The first-order valence-corrected chi connectivity index (χ1v) is 11.3. The number of fused-ring (bicyclic) bond motifs is 3. The highest BCUT2D eigenvalue weighted by molar-refractivity contribution is 7.92. The van der Waals surface area contributed by atoms with Crippen LogP contribution in [0.2, 0.25) is 0 Å². The monoisotopic (exact) mass is 424 g/mol. The first kappa shape index (κ1) is 20.3. The summed E-state index contributed by atoms with van der Waals surface area (Å²) in [7, 11) is -3.85. The Balaban J connectivity index is 1.74. The Morgan fingerprint density at radius 1 is 1.10 bits per heavy atom. The Hall–Kier alpha value is -2.93. The summed E-state index contributed by atoms with van der Waals surface area (Å²) in [5.41, 5.74) is 3.53. The number of benzene rings is 2. The molecule has 1 heterocycles. The summed E-state index contributed by atoms with van der Waals surface area (Å²) in [5, 5.41) is 0.771. The van der Waals surface area contributed by atoms with Gasteiger partial charge in [-0.15, -0.1) is 0 Å². The number of sulfonamides is 1. The highest BCUT2D eigenvalue weighted by atomic mass is 32.2. The smallest absolute Gasteiger partial charge is 0.262 e. The molecule has 0 amide bonds. The van der Waals surface area contributed by atoms with Crippen molar-refractivity contribution in [3.8, 4) is 0 Å². The van der Waals surface area contributed by atoms with Gasteiger partial charge in [-0.1, -0.05) is 13.8 Å². The largest absolute Gasteiger partial charge is 0.358 e. The number of carbonyl (C=O) groups excluding carboxylic acids is 2. The van der Waals surface area contributed by atoms with Crippen LogP contribution in [0.15, 0.2) is 41.3 Å². The van der Waals surface area contributed by atoms with Gasteiger partial charge in [0.05, 0.1) is 4.90 Å². The summed E-state index contributed by atoms with van der Waals surface area (Å²) in [6.07, 6.45) is 1.22. The van der Waals surface area contributed by atoms with Gasteiger partial charge in [-0.25, -0.2) is 8.42 Å². The predicted octanol–water partition coefficient (Wildman–Crippen LogP) is 4.63. The fourth-order valence-corrected chi connectivity index (χ4v) is 5.49. The van der Waals surface area contributed by atoms with Gasteiger partial charge in [-0.2, -0.15) is 0 Å². The second kappa shape index (κ2) is 6.80. The molecule has 30 heavy (non-hydrogen) atoms. The van der Waals surface area contributed by atoms with Crippen molar-refractivity contribution in [3.05, 3.63) is 58.8 Å². The number of H-pyrrole nitrogens is 1. The number of anilines is 1. The fraction of sp³-hybridized carbons (Fsp3) is 0.304. The molecule has 2 aromatic carbocycles. The molecule has 156 valence electrons. The van der Waals surface area contributed by atoms with Crippen molar-refractivity contribution in [3.63, 3.8) is 0 Å². The van der Waals surface area contributed by atoms with Gasteiger partial charge in [0, 0.05) is 39.8 Å². The van der Waals surface area contributed by atoms with E-state index in [0.717, 1.165) is 17.5 Å². The molecule has 0 atom stereocenters. The molecule has 1 aromatic heterocycles. The lowest BCUT2D eigenvalue weighted by molar-refractivity contribution is 0.0912. The lowest BCUT2D eigenvalue weighted by Gasteiger charge is -2.28. The van der Waals surface area contributed by atoms with E-state index < -0.39 is 10.0 Å². The maximum Gasteiger partial charge on any atom is 0.262 e. The van der Waals surface area contributed by atoms with E-state index in [0.29, 0.717) is 34.3 Å². The lowest BCUT2D eigenvalue weighted by Crippen LogP contribution is -2.26. The summed E-state index contributed by atoms with van der Waals surface area (Å²) in [6, 6.07) is 9.67. The van der Waals surface area contributed by atoms with Crippen LogP contribution in [0.5, 0.6) is 0 Å². The first-order valence-electron chi connectivity index (χ1n) is 9.79.